The Balaban J connectivity index is 1.37. The molecular formula is C21H23N3O4S. The molecule has 152 valence electrons. The summed E-state index contributed by atoms with van der Waals surface area (Å²) in [6, 6.07) is 15.2. The van der Waals surface area contributed by atoms with Gasteiger partial charge in [-0.25, -0.2) is 0 Å². The fourth-order valence-corrected chi connectivity index (χ4v) is 3.12. The van der Waals surface area contributed by atoms with E-state index in [0.717, 1.165) is 22.6 Å². The molecule has 2 aromatic carbocycles. The maximum Gasteiger partial charge on any atom is 0.277 e. The summed E-state index contributed by atoms with van der Waals surface area (Å²) < 4.78 is 16.6. The normalized spacial score (nSPS) is 10.6. The first-order valence-corrected chi connectivity index (χ1v) is 10.3. The van der Waals surface area contributed by atoms with Crippen LogP contribution in [0.4, 0.5) is 0 Å². The molecule has 0 radical (unpaired) electrons. The molecule has 1 heterocycles. The number of carbonyl (C=O) groups excluding carboxylic acids is 1. The molecule has 1 aromatic heterocycles. The van der Waals surface area contributed by atoms with E-state index < -0.39 is 0 Å². The van der Waals surface area contributed by atoms with Crippen molar-refractivity contribution < 1.29 is 18.7 Å². The summed E-state index contributed by atoms with van der Waals surface area (Å²) in [4.78, 5) is 12.0. The lowest BCUT2D eigenvalue weighted by Gasteiger charge is -2.08. The van der Waals surface area contributed by atoms with Crippen molar-refractivity contribution in [1.82, 2.24) is 15.5 Å². The van der Waals surface area contributed by atoms with E-state index in [0.29, 0.717) is 30.9 Å². The minimum absolute atomic E-state index is 0.124. The average molecular weight is 413 g/mol. The Labute approximate surface area is 173 Å². The first kappa shape index (κ1) is 20.7. The first-order valence-electron chi connectivity index (χ1n) is 9.30. The van der Waals surface area contributed by atoms with Gasteiger partial charge >= 0.3 is 0 Å². The minimum atomic E-state index is -0.124. The molecule has 0 spiro atoms. The molecule has 7 nitrogen and oxygen atoms in total. The molecule has 0 atom stereocenters. The molecule has 0 fully saturated rings. The molecule has 0 unspecified atom stereocenters. The van der Waals surface area contributed by atoms with Crippen LogP contribution in [0.15, 0.2) is 58.2 Å². The van der Waals surface area contributed by atoms with E-state index in [4.69, 9.17) is 13.9 Å². The number of nitrogens with one attached hydrogen (secondary N) is 1. The maximum atomic E-state index is 12.0. The highest BCUT2D eigenvalue weighted by Gasteiger charge is 2.12. The van der Waals surface area contributed by atoms with Crippen LogP contribution in [0, 0.1) is 6.92 Å². The van der Waals surface area contributed by atoms with Gasteiger partial charge < -0.3 is 19.2 Å². The number of rotatable bonds is 10. The number of benzene rings is 2. The van der Waals surface area contributed by atoms with E-state index in [9.17, 15) is 4.79 Å². The molecule has 0 saturated carbocycles. The third-order valence-electron chi connectivity index (χ3n) is 3.94. The summed E-state index contributed by atoms with van der Waals surface area (Å²) in [5.41, 5.74) is 1.95. The molecule has 0 aliphatic carbocycles. The standard InChI is InChI=1S/C21H23N3O4S/c1-3-26-16-8-10-17(11-9-16)27-13-12-22-19(25)14-29-21-24-23-20(28-21)18-7-5-4-6-15(18)2/h4-11H,3,12-14H2,1-2H3,(H,22,25). The Kier molecular flexibility index (Phi) is 7.52. The Hall–Kier alpha value is -3.00. The van der Waals surface area contributed by atoms with Crippen LogP contribution < -0.4 is 14.8 Å². The summed E-state index contributed by atoms with van der Waals surface area (Å²) in [6.07, 6.45) is 0. The third-order valence-corrected chi connectivity index (χ3v) is 4.75. The van der Waals surface area contributed by atoms with Crippen molar-refractivity contribution >= 4 is 17.7 Å². The summed E-state index contributed by atoms with van der Waals surface area (Å²) >= 11 is 1.20. The van der Waals surface area contributed by atoms with Gasteiger partial charge in [0.15, 0.2) is 0 Å². The maximum absolute atomic E-state index is 12.0. The van der Waals surface area contributed by atoms with Crippen LogP contribution in [0.2, 0.25) is 0 Å². The molecular weight excluding hydrogens is 390 g/mol. The van der Waals surface area contributed by atoms with Gasteiger partial charge in [0.25, 0.3) is 5.22 Å². The van der Waals surface area contributed by atoms with Gasteiger partial charge in [0.05, 0.1) is 18.9 Å². The van der Waals surface area contributed by atoms with Gasteiger partial charge in [0, 0.05) is 5.56 Å². The van der Waals surface area contributed by atoms with Crippen molar-refractivity contribution in [3.63, 3.8) is 0 Å². The Morgan fingerprint density at radius 1 is 1.07 bits per heavy atom. The van der Waals surface area contributed by atoms with E-state index in [-0.39, 0.29) is 11.7 Å². The number of thioether (sulfide) groups is 1. The fourth-order valence-electron chi connectivity index (χ4n) is 2.53. The van der Waals surface area contributed by atoms with Crippen LogP contribution >= 0.6 is 11.8 Å². The number of ether oxygens (including phenoxy) is 2. The van der Waals surface area contributed by atoms with Crippen LogP contribution in [0.1, 0.15) is 12.5 Å². The number of nitrogens with zero attached hydrogens (tertiary/aromatic N) is 2. The number of aromatic nitrogens is 2. The van der Waals surface area contributed by atoms with E-state index in [1.54, 1.807) is 0 Å². The zero-order chi connectivity index (χ0) is 20.5. The predicted octanol–water partition coefficient (Wildman–Crippen LogP) is 3.73. The molecule has 0 bridgehead atoms. The van der Waals surface area contributed by atoms with E-state index in [2.05, 4.69) is 15.5 Å². The van der Waals surface area contributed by atoms with Crippen LogP contribution in [0.3, 0.4) is 0 Å². The molecule has 29 heavy (non-hydrogen) atoms. The van der Waals surface area contributed by atoms with Gasteiger partial charge in [0.2, 0.25) is 11.8 Å². The molecule has 3 aromatic rings. The van der Waals surface area contributed by atoms with Crippen LogP contribution in [-0.4, -0.2) is 41.6 Å². The second kappa shape index (κ2) is 10.5. The zero-order valence-corrected chi connectivity index (χ0v) is 17.2. The summed E-state index contributed by atoms with van der Waals surface area (Å²) in [5.74, 6) is 2.05. The van der Waals surface area contributed by atoms with Gasteiger partial charge in [-0.3, -0.25) is 4.79 Å². The van der Waals surface area contributed by atoms with Gasteiger partial charge in [-0.15, -0.1) is 10.2 Å². The SMILES string of the molecule is CCOc1ccc(OCCNC(=O)CSc2nnc(-c3ccccc3C)o2)cc1. The Morgan fingerprint density at radius 3 is 2.52 bits per heavy atom. The summed E-state index contributed by atoms with van der Waals surface area (Å²) in [5, 5.41) is 11.2. The van der Waals surface area contributed by atoms with Crippen LogP contribution in [-0.2, 0) is 4.79 Å². The summed E-state index contributed by atoms with van der Waals surface area (Å²) in [6.45, 7) is 5.33. The lowest BCUT2D eigenvalue weighted by Crippen LogP contribution is -2.29. The van der Waals surface area contributed by atoms with Gasteiger partial charge in [-0.1, -0.05) is 30.0 Å². The van der Waals surface area contributed by atoms with Crippen molar-refractivity contribution in [2.75, 3.05) is 25.5 Å². The largest absolute Gasteiger partial charge is 0.494 e. The molecule has 8 heteroatoms. The first-order chi connectivity index (χ1) is 14.2. The number of hydrogen-bond acceptors (Lipinski definition) is 7. The number of aryl methyl sites for hydroxylation is 1. The van der Waals surface area contributed by atoms with E-state index in [1.807, 2.05) is 62.4 Å². The average Bonchev–Trinajstić information content (AvgIpc) is 3.20. The Morgan fingerprint density at radius 2 is 1.79 bits per heavy atom. The molecule has 3 rings (SSSR count). The number of hydrogen-bond donors (Lipinski definition) is 1. The molecule has 1 N–H and O–H groups in total. The van der Waals surface area contributed by atoms with Gasteiger partial charge in [0.1, 0.15) is 18.1 Å². The lowest BCUT2D eigenvalue weighted by atomic mass is 10.1. The highest BCUT2D eigenvalue weighted by atomic mass is 32.2. The van der Waals surface area contributed by atoms with Crippen molar-refractivity contribution in [2.24, 2.45) is 0 Å². The zero-order valence-electron chi connectivity index (χ0n) is 16.4. The molecule has 0 saturated heterocycles. The monoisotopic (exact) mass is 413 g/mol. The second-order valence-electron chi connectivity index (χ2n) is 6.08. The minimum Gasteiger partial charge on any atom is -0.494 e. The van der Waals surface area contributed by atoms with E-state index >= 15 is 0 Å². The van der Waals surface area contributed by atoms with Crippen molar-refractivity contribution in [1.29, 1.82) is 0 Å². The second-order valence-corrected chi connectivity index (χ2v) is 7.01. The summed E-state index contributed by atoms with van der Waals surface area (Å²) in [7, 11) is 0. The highest BCUT2D eigenvalue weighted by Crippen LogP contribution is 2.25. The predicted molar refractivity (Wildman–Crippen MR) is 111 cm³/mol. The third kappa shape index (κ3) is 6.25. The smallest absolute Gasteiger partial charge is 0.277 e. The molecule has 1 amide bonds. The number of amides is 1. The van der Waals surface area contributed by atoms with Crippen molar-refractivity contribution in [3.05, 3.63) is 54.1 Å². The highest BCUT2D eigenvalue weighted by molar-refractivity contribution is 7.99. The fraction of sp³-hybridized carbons (Fsp3) is 0.286. The quantitative estimate of drug-likeness (QED) is 0.400. The van der Waals surface area contributed by atoms with E-state index in [1.165, 1.54) is 11.8 Å². The van der Waals surface area contributed by atoms with Crippen molar-refractivity contribution in [3.8, 4) is 23.0 Å². The number of carbonyl (C=O) groups is 1. The molecule has 0 aliphatic rings. The van der Waals surface area contributed by atoms with Crippen LogP contribution in [0.5, 0.6) is 11.5 Å². The van der Waals surface area contributed by atoms with Crippen molar-refractivity contribution in [2.45, 2.75) is 19.1 Å². The Bertz CT molecular complexity index is 928. The lowest BCUT2D eigenvalue weighted by molar-refractivity contribution is -0.118. The van der Waals surface area contributed by atoms with Gasteiger partial charge in [-0.2, -0.15) is 0 Å². The van der Waals surface area contributed by atoms with Crippen LogP contribution in [0.25, 0.3) is 11.5 Å². The molecule has 0 aliphatic heterocycles. The van der Waals surface area contributed by atoms with Gasteiger partial charge in [-0.05, 0) is 49.7 Å². The topological polar surface area (TPSA) is 86.5 Å².